The van der Waals surface area contributed by atoms with Crippen LogP contribution in [0.25, 0.3) is 0 Å². The summed E-state index contributed by atoms with van der Waals surface area (Å²) in [4.78, 5) is 10.9. The van der Waals surface area contributed by atoms with Crippen molar-refractivity contribution in [3.05, 3.63) is 29.3 Å². The van der Waals surface area contributed by atoms with Crippen molar-refractivity contribution in [2.45, 2.75) is 30.7 Å². The number of hydrogen-bond donors (Lipinski definition) is 3. The highest BCUT2D eigenvalue weighted by atomic mass is 32.2. The van der Waals surface area contributed by atoms with Gasteiger partial charge in [0.05, 0.1) is 22.0 Å². The van der Waals surface area contributed by atoms with Gasteiger partial charge in [-0.25, -0.2) is 26.4 Å². The van der Waals surface area contributed by atoms with Gasteiger partial charge in [0.1, 0.15) is 0 Å². The molecule has 25 heavy (non-hydrogen) atoms. The summed E-state index contributed by atoms with van der Waals surface area (Å²) in [6.07, 6.45) is 0.488. The molecule has 0 unspecified atom stereocenters. The first-order chi connectivity index (χ1) is 11.4. The minimum Gasteiger partial charge on any atom is -0.478 e. The number of carboxylic acid groups (broad SMARTS) is 1. The van der Waals surface area contributed by atoms with E-state index >= 15 is 0 Å². The van der Waals surface area contributed by atoms with Gasteiger partial charge in [-0.1, -0.05) is 6.07 Å². The van der Waals surface area contributed by atoms with Gasteiger partial charge in [0.25, 0.3) is 0 Å². The molecular formula is C15H22N2O6S2. The minimum atomic E-state index is -3.86. The Morgan fingerprint density at radius 1 is 1.32 bits per heavy atom. The summed E-state index contributed by atoms with van der Waals surface area (Å²) in [6, 6.07) is 3.92. The van der Waals surface area contributed by atoms with Gasteiger partial charge in [-0.2, -0.15) is 0 Å². The van der Waals surface area contributed by atoms with Gasteiger partial charge in [0.15, 0.2) is 9.84 Å². The maximum atomic E-state index is 12.4. The van der Waals surface area contributed by atoms with Crippen LogP contribution in [0.3, 0.4) is 0 Å². The molecule has 1 atom stereocenters. The summed E-state index contributed by atoms with van der Waals surface area (Å²) >= 11 is 0. The Morgan fingerprint density at radius 2 is 2.00 bits per heavy atom. The summed E-state index contributed by atoms with van der Waals surface area (Å²) in [5.41, 5.74) is -0.212. The van der Waals surface area contributed by atoms with Crippen LogP contribution in [0.5, 0.6) is 0 Å². The zero-order chi connectivity index (χ0) is 18.9. The van der Waals surface area contributed by atoms with Crippen LogP contribution in [0.15, 0.2) is 23.1 Å². The summed E-state index contributed by atoms with van der Waals surface area (Å²) < 4.78 is 50.3. The van der Waals surface area contributed by atoms with E-state index < -0.39 is 31.4 Å². The van der Waals surface area contributed by atoms with Crippen molar-refractivity contribution in [3.8, 4) is 0 Å². The molecule has 8 nitrogen and oxygen atoms in total. The minimum absolute atomic E-state index is 0.0342. The summed E-state index contributed by atoms with van der Waals surface area (Å²) in [5, 5.41) is 12.1. The molecule has 2 rings (SSSR count). The molecule has 1 aromatic carbocycles. The average Bonchev–Trinajstić information content (AvgIpc) is 2.78. The van der Waals surface area contributed by atoms with Gasteiger partial charge in [-0.3, -0.25) is 0 Å². The van der Waals surface area contributed by atoms with Crippen LogP contribution in [0, 0.1) is 6.92 Å². The van der Waals surface area contributed by atoms with Crippen molar-refractivity contribution >= 4 is 25.8 Å². The highest BCUT2D eigenvalue weighted by molar-refractivity contribution is 7.91. The predicted molar refractivity (Wildman–Crippen MR) is 93.0 cm³/mol. The standard InChI is InChI=1S/C15H22N2O6S2/c1-11-3-4-12(14(18)19)9-13(11)25(22,23)17-7-6-16-15(2)5-8-24(20,21)10-15/h3-4,9,16-17H,5-8,10H2,1-2H3,(H,18,19)/t15-/m1/s1. The maximum Gasteiger partial charge on any atom is 0.335 e. The third-order valence-electron chi connectivity index (χ3n) is 4.20. The fraction of sp³-hybridized carbons (Fsp3) is 0.533. The van der Waals surface area contributed by atoms with E-state index in [1.54, 1.807) is 13.8 Å². The van der Waals surface area contributed by atoms with Crippen LogP contribution in [-0.2, 0) is 19.9 Å². The lowest BCUT2D eigenvalue weighted by Gasteiger charge is -2.24. The molecule has 3 N–H and O–H groups in total. The van der Waals surface area contributed by atoms with Crippen molar-refractivity contribution in [2.24, 2.45) is 0 Å². The second-order valence-corrected chi connectivity index (χ2v) is 10.4. The Balaban J connectivity index is 1.99. The topological polar surface area (TPSA) is 130 Å². The SMILES string of the molecule is Cc1ccc(C(=O)O)cc1S(=O)(=O)NCCN[C@]1(C)CCS(=O)(=O)C1. The Kier molecular flexibility index (Phi) is 5.57. The molecule has 1 aromatic rings. The molecular weight excluding hydrogens is 368 g/mol. The van der Waals surface area contributed by atoms with E-state index in [4.69, 9.17) is 5.11 Å². The normalized spacial score (nSPS) is 22.8. The fourth-order valence-electron chi connectivity index (χ4n) is 2.80. The molecule has 1 aliphatic rings. The van der Waals surface area contributed by atoms with Crippen molar-refractivity contribution in [1.29, 1.82) is 0 Å². The van der Waals surface area contributed by atoms with Crippen molar-refractivity contribution < 1.29 is 26.7 Å². The first-order valence-electron chi connectivity index (χ1n) is 7.73. The zero-order valence-electron chi connectivity index (χ0n) is 14.1. The maximum absolute atomic E-state index is 12.4. The lowest BCUT2D eigenvalue weighted by Crippen LogP contribution is -2.46. The van der Waals surface area contributed by atoms with Crippen LogP contribution in [-0.4, -0.2) is 58.0 Å². The Morgan fingerprint density at radius 3 is 2.56 bits per heavy atom. The van der Waals surface area contributed by atoms with Crippen molar-refractivity contribution in [1.82, 2.24) is 10.0 Å². The summed E-state index contributed by atoms with van der Waals surface area (Å²) in [5.74, 6) is -1.04. The molecule has 0 radical (unpaired) electrons. The van der Waals surface area contributed by atoms with Crippen molar-refractivity contribution in [3.63, 3.8) is 0 Å². The molecule has 0 aromatic heterocycles. The van der Waals surface area contributed by atoms with Gasteiger partial charge in [-0.15, -0.1) is 0 Å². The average molecular weight is 390 g/mol. The number of rotatable bonds is 7. The first kappa shape index (κ1) is 19.8. The van der Waals surface area contributed by atoms with E-state index in [9.17, 15) is 21.6 Å². The molecule has 1 saturated heterocycles. The highest BCUT2D eigenvalue weighted by Gasteiger charge is 2.37. The van der Waals surface area contributed by atoms with E-state index in [1.165, 1.54) is 12.1 Å². The van der Waals surface area contributed by atoms with Crippen LogP contribution < -0.4 is 10.0 Å². The smallest absolute Gasteiger partial charge is 0.335 e. The molecule has 10 heteroatoms. The van der Waals surface area contributed by atoms with E-state index in [0.29, 0.717) is 12.0 Å². The Hall–Kier alpha value is -1.49. The van der Waals surface area contributed by atoms with Gasteiger partial charge in [-0.05, 0) is 38.0 Å². The number of nitrogens with one attached hydrogen (secondary N) is 2. The zero-order valence-corrected chi connectivity index (χ0v) is 15.7. The van der Waals surface area contributed by atoms with E-state index in [0.717, 1.165) is 6.07 Å². The molecule has 0 bridgehead atoms. The number of sulfonamides is 1. The van der Waals surface area contributed by atoms with Gasteiger partial charge in [0.2, 0.25) is 10.0 Å². The van der Waals surface area contributed by atoms with E-state index in [1.807, 2.05) is 0 Å². The molecule has 1 fully saturated rings. The van der Waals surface area contributed by atoms with Gasteiger partial charge >= 0.3 is 5.97 Å². The third-order valence-corrected chi connectivity index (χ3v) is 7.70. The summed E-state index contributed by atoms with van der Waals surface area (Å²) in [7, 11) is -6.89. The molecule has 1 aliphatic heterocycles. The number of hydrogen-bond acceptors (Lipinski definition) is 6. The molecule has 0 saturated carbocycles. The monoisotopic (exact) mass is 390 g/mol. The number of aromatic carboxylic acids is 1. The lowest BCUT2D eigenvalue weighted by atomic mass is 10.0. The summed E-state index contributed by atoms with van der Waals surface area (Å²) in [6.45, 7) is 3.72. The first-order valence-corrected chi connectivity index (χ1v) is 11.0. The molecule has 0 spiro atoms. The fourth-order valence-corrected chi connectivity index (χ4v) is 6.22. The quantitative estimate of drug-likeness (QED) is 0.565. The molecule has 0 aliphatic carbocycles. The number of benzene rings is 1. The largest absolute Gasteiger partial charge is 0.478 e. The van der Waals surface area contributed by atoms with Crippen LogP contribution in [0.4, 0.5) is 0 Å². The van der Waals surface area contributed by atoms with Crippen LogP contribution >= 0.6 is 0 Å². The van der Waals surface area contributed by atoms with E-state index in [2.05, 4.69) is 10.0 Å². The second kappa shape index (κ2) is 7.02. The number of carboxylic acids is 1. The highest BCUT2D eigenvalue weighted by Crippen LogP contribution is 2.22. The third kappa shape index (κ3) is 5.00. The lowest BCUT2D eigenvalue weighted by molar-refractivity contribution is 0.0696. The molecule has 1 heterocycles. The molecule has 0 amide bonds. The van der Waals surface area contributed by atoms with Gasteiger partial charge in [0, 0.05) is 18.6 Å². The van der Waals surface area contributed by atoms with Gasteiger partial charge < -0.3 is 10.4 Å². The predicted octanol–water partition coefficient (Wildman–Crippen LogP) is 0.138. The van der Waals surface area contributed by atoms with E-state index in [-0.39, 0.29) is 35.1 Å². The van der Waals surface area contributed by atoms with Crippen LogP contribution in [0.2, 0.25) is 0 Å². The van der Waals surface area contributed by atoms with Crippen LogP contribution in [0.1, 0.15) is 29.3 Å². The Bertz CT molecular complexity index is 879. The molecule has 140 valence electrons. The van der Waals surface area contributed by atoms with Crippen molar-refractivity contribution in [2.75, 3.05) is 24.6 Å². The number of sulfone groups is 1. The number of aryl methyl sites for hydroxylation is 1. The Labute approximate surface area is 147 Å². The second-order valence-electron chi connectivity index (χ2n) is 6.51. The number of carbonyl (C=O) groups is 1.